The molecule has 0 aromatic heterocycles. The van der Waals surface area contributed by atoms with Gasteiger partial charge in [-0.2, -0.15) is 0 Å². The summed E-state index contributed by atoms with van der Waals surface area (Å²) in [5, 5.41) is 0. The summed E-state index contributed by atoms with van der Waals surface area (Å²) in [5.41, 5.74) is 0. The van der Waals surface area contributed by atoms with Crippen molar-refractivity contribution >= 4 is 0 Å². The minimum Gasteiger partial charge on any atom is -0.0628 e. The number of rotatable bonds is 3. The van der Waals surface area contributed by atoms with E-state index in [9.17, 15) is 0 Å². The molecule has 1 aliphatic carbocycles. The van der Waals surface area contributed by atoms with Gasteiger partial charge in [0, 0.05) is 0 Å². The van der Waals surface area contributed by atoms with Crippen LogP contribution in [0.15, 0.2) is 0 Å². The Morgan fingerprint density at radius 1 is 1.38 bits per heavy atom. The maximum absolute atomic E-state index is 2.29. The molecule has 0 bridgehead atoms. The molecule has 1 saturated carbocycles. The first-order valence-corrected chi connectivity index (χ1v) is 3.62. The lowest BCUT2D eigenvalue weighted by molar-refractivity contribution is 0.578. The van der Waals surface area contributed by atoms with Crippen molar-refractivity contribution in [3.8, 4) is 0 Å². The van der Waals surface area contributed by atoms with E-state index in [1.807, 2.05) is 0 Å². The first-order chi connectivity index (χ1) is 3.79. The average Bonchev–Trinajstić information content (AvgIpc) is 2.41. The van der Waals surface area contributed by atoms with Gasteiger partial charge in [-0.15, -0.1) is 0 Å². The SMILES string of the molecule is CC(C)CC[C]1CC1. The van der Waals surface area contributed by atoms with Crippen LogP contribution >= 0.6 is 0 Å². The molecule has 8 heavy (non-hydrogen) atoms. The summed E-state index contributed by atoms with van der Waals surface area (Å²) in [6, 6.07) is 0. The highest BCUT2D eigenvalue weighted by Crippen LogP contribution is 2.36. The van der Waals surface area contributed by atoms with Crippen molar-refractivity contribution in [3.63, 3.8) is 0 Å². The highest BCUT2D eigenvalue weighted by molar-refractivity contribution is 5.04. The predicted octanol–water partition coefficient (Wildman–Crippen LogP) is 2.79. The molecule has 0 nitrogen and oxygen atoms in total. The Kier molecular flexibility index (Phi) is 1.93. The number of hydrogen-bond acceptors (Lipinski definition) is 0. The van der Waals surface area contributed by atoms with E-state index in [0.29, 0.717) is 0 Å². The summed E-state index contributed by atoms with van der Waals surface area (Å²) >= 11 is 0. The van der Waals surface area contributed by atoms with Gasteiger partial charge in [0.15, 0.2) is 0 Å². The normalized spacial score (nSPS) is 19.9. The summed E-state index contributed by atoms with van der Waals surface area (Å²) < 4.78 is 0. The van der Waals surface area contributed by atoms with Crippen LogP contribution in [0.4, 0.5) is 0 Å². The lowest BCUT2D eigenvalue weighted by Crippen LogP contribution is -1.85. The second-order valence-corrected chi connectivity index (χ2v) is 3.18. The minimum atomic E-state index is 0.906. The Balaban J connectivity index is 1.87. The van der Waals surface area contributed by atoms with Gasteiger partial charge in [-0.3, -0.25) is 0 Å². The highest BCUT2D eigenvalue weighted by atomic mass is 14.3. The van der Waals surface area contributed by atoms with Crippen LogP contribution in [0.2, 0.25) is 0 Å². The van der Waals surface area contributed by atoms with Crippen molar-refractivity contribution in [2.75, 3.05) is 0 Å². The van der Waals surface area contributed by atoms with E-state index in [1.165, 1.54) is 25.7 Å². The Morgan fingerprint density at radius 3 is 2.38 bits per heavy atom. The van der Waals surface area contributed by atoms with Crippen LogP contribution in [-0.2, 0) is 0 Å². The fourth-order valence-corrected chi connectivity index (χ4v) is 0.831. The molecule has 0 amide bonds. The van der Waals surface area contributed by atoms with Gasteiger partial charge in [-0.05, 0) is 31.1 Å². The van der Waals surface area contributed by atoms with Crippen LogP contribution in [0.25, 0.3) is 0 Å². The van der Waals surface area contributed by atoms with Gasteiger partial charge in [0.1, 0.15) is 0 Å². The van der Waals surface area contributed by atoms with Gasteiger partial charge < -0.3 is 0 Å². The van der Waals surface area contributed by atoms with Crippen molar-refractivity contribution in [2.45, 2.75) is 39.5 Å². The first-order valence-electron chi connectivity index (χ1n) is 3.62. The largest absolute Gasteiger partial charge is 0.0628 e. The molecule has 0 aliphatic heterocycles. The van der Waals surface area contributed by atoms with Crippen molar-refractivity contribution < 1.29 is 0 Å². The molecular formula is C8H15. The Hall–Kier alpha value is 0. The van der Waals surface area contributed by atoms with E-state index in [2.05, 4.69) is 13.8 Å². The lowest BCUT2D eigenvalue weighted by Gasteiger charge is -1.99. The molecule has 47 valence electrons. The van der Waals surface area contributed by atoms with E-state index in [0.717, 1.165) is 5.92 Å². The zero-order valence-electron chi connectivity index (χ0n) is 5.91. The molecule has 1 radical (unpaired) electrons. The standard InChI is InChI=1S/C8H15/c1-7(2)3-4-8-5-6-8/h7H,3-6H2,1-2H3. The average molecular weight is 111 g/mol. The monoisotopic (exact) mass is 111 g/mol. The van der Waals surface area contributed by atoms with Gasteiger partial charge in [0.05, 0.1) is 0 Å². The van der Waals surface area contributed by atoms with Crippen molar-refractivity contribution in [1.29, 1.82) is 0 Å². The van der Waals surface area contributed by atoms with Gasteiger partial charge in [-0.25, -0.2) is 0 Å². The van der Waals surface area contributed by atoms with E-state index >= 15 is 0 Å². The fraction of sp³-hybridized carbons (Fsp3) is 0.875. The van der Waals surface area contributed by atoms with Crippen molar-refractivity contribution in [1.82, 2.24) is 0 Å². The lowest BCUT2D eigenvalue weighted by atomic mass is 10.1. The zero-order chi connectivity index (χ0) is 5.98. The first kappa shape index (κ1) is 6.12. The van der Waals surface area contributed by atoms with Crippen LogP contribution in [0.3, 0.4) is 0 Å². The van der Waals surface area contributed by atoms with E-state index in [1.54, 1.807) is 5.92 Å². The van der Waals surface area contributed by atoms with Gasteiger partial charge >= 0.3 is 0 Å². The second-order valence-electron chi connectivity index (χ2n) is 3.18. The smallest absolute Gasteiger partial charge is 0.0240 e. The molecule has 0 unspecified atom stereocenters. The van der Waals surface area contributed by atoms with Gasteiger partial charge in [-0.1, -0.05) is 20.3 Å². The third-order valence-electron chi connectivity index (χ3n) is 1.68. The van der Waals surface area contributed by atoms with Crippen LogP contribution in [0, 0.1) is 11.8 Å². The summed E-state index contributed by atoms with van der Waals surface area (Å²) in [6.45, 7) is 4.59. The fourth-order valence-electron chi connectivity index (χ4n) is 0.831. The maximum Gasteiger partial charge on any atom is -0.0240 e. The summed E-state index contributed by atoms with van der Waals surface area (Å²) in [6.07, 6.45) is 5.70. The van der Waals surface area contributed by atoms with Gasteiger partial charge in [0.25, 0.3) is 0 Å². The third kappa shape index (κ3) is 2.34. The van der Waals surface area contributed by atoms with Crippen LogP contribution < -0.4 is 0 Å². The second kappa shape index (κ2) is 2.52. The molecule has 1 rings (SSSR count). The molecule has 0 heteroatoms. The van der Waals surface area contributed by atoms with Crippen molar-refractivity contribution in [3.05, 3.63) is 5.92 Å². The van der Waals surface area contributed by atoms with E-state index in [-0.39, 0.29) is 0 Å². The van der Waals surface area contributed by atoms with E-state index in [4.69, 9.17) is 0 Å². The molecule has 1 aliphatic rings. The van der Waals surface area contributed by atoms with Crippen LogP contribution in [0.1, 0.15) is 39.5 Å². The summed E-state index contributed by atoms with van der Waals surface area (Å²) in [5.74, 6) is 2.71. The van der Waals surface area contributed by atoms with Crippen molar-refractivity contribution in [2.24, 2.45) is 5.92 Å². The van der Waals surface area contributed by atoms with E-state index < -0.39 is 0 Å². The van der Waals surface area contributed by atoms with Crippen LogP contribution in [0.5, 0.6) is 0 Å². The van der Waals surface area contributed by atoms with Crippen LogP contribution in [-0.4, -0.2) is 0 Å². The summed E-state index contributed by atoms with van der Waals surface area (Å²) in [4.78, 5) is 0. The zero-order valence-corrected chi connectivity index (χ0v) is 5.91. The molecule has 0 aromatic rings. The molecule has 0 heterocycles. The maximum atomic E-state index is 2.29. The topological polar surface area (TPSA) is 0 Å². The minimum absolute atomic E-state index is 0.906. The molecule has 0 aromatic carbocycles. The molecule has 0 spiro atoms. The predicted molar refractivity (Wildman–Crippen MR) is 36.5 cm³/mol. The van der Waals surface area contributed by atoms with Gasteiger partial charge in [0.2, 0.25) is 0 Å². The third-order valence-corrected chi connectivity index (χ3v) is 1.68. The Labute approximate surface area is 52.3 Å². The molecule has 0 N–H and O–H groups in total. The number of hydrogen-bond donors (Lipinski definition) is 0. The Morgan fingerprint density at radius 2 is 2.00 bits per heavy atom. The molecule has 0 saturated heterocycles. The Bertz CT molecular complexity index is 58.4. The molecular weight excluding hydrogens is 96.1 g/mol. The summed E-state index contributed by atoms with van der Waals surface area (Å²) in [7, 11) is 0. The molecule has 0 atom stereocenters. The quantitative estimate of drug-likeness (QED) is 0.525. The molecule has 1 fully saturated rings. The highest BCUT2D eigenvalue weighted by Gasteiger charge is 2.21.